The second kappa shape index (κ2) is 5.26. The van der Waals surface area contributed by atoms with Gasteiger partial charge in [-0.15, -0.1) is 11.6 Å². The van der Waals surface area contributed by atoms with Gasteiger partial charge in [-0.25, -0.2) is 13.8 Å². The molecule has 21 heavy (non-hydrogen) atoms. The number of fused-ring (bicyclic) bond motifs is 1. The lowest BCUT2D eigenvalue weighted by atomic mass is 10.2. The smallest absolute Gasteiger partial charge is 0.266 e. The van der Waals surface area contributed by atoms with Crippen LogP contribution >= 0.6 is 11.6 Å². The summed E-state index contributed by atoms with van der Waals surface area (Å²) in [5, 5.41) is 0.315. The van der Waals surface area contributed by atoms with Gasteiger partial charge >= 0.3 is 0 Å². The maximum Gasteiger partial charge on any atom is 0.266 e. The lowest BCUT2D eigenvalue weighted by molar-refractivity contribution is 0.502. The van der Waals surface area contributed by atoms with Gasteiger partial charge in [0.15, 0.2) is 11.6 Å². The fourth-order valence-corrected chi connectivity index (χ4v) is 2.36. The van der Waals surface area contributed by atoms with Gasteiger partial charge in [0.25, 0.3) is 5.56 Å². The predicted molar refractivity (Wildman–Crippen MR) is 76.8 cm³/mol. The summed E-state index contributed by atoms with van der Waals surface area (Å²) < 4.78 is 28.4. The van der Waals surface area contributed by atoms with Crippen molar-refractivity contribution in [3.63, 3.8) is 0 Å². The number of para-hydroxylation sites is 1. The third-order valence-corrected chi connectivity index (χ3v) is 3.38. The van der Waals surface area contributed by atoms with Crippen LogP contribution in [0.3, 0.4) is 0 Å². The molecule has 0 spiro atoms. The third-order valence-electron chi connectivity index (χ3n) is 3.14. The Morgan fingerprint density at radius 2 is 1.86 bits per heavy atom. The van der Waals surface area contributed by atoms with E-state index < -0.39 is 17.2 Å². The van der Waals surface area contributed by atoms with E-state index >= 15 is 0 Å². The SMILES string of the molecule is O=c1c2ccccc2nc(CCl)n1-c1cccc(F)c1F. The van der Waals surface area contributed by atoms with Crippen LogP contribution in [0.4, 0.5) is 8.78 Å². The van der Waals surface area contributed by atoms with Crippen LogP contribution in [-0.2, 0) is 5.88 Å². The summed E-state index contributed by atoms with van der Waals surface area (Å²) in [6, 6.07) is 10.3. The molecule has 0 atom stereocenters. The molecule has 0 aliphatic heterocycles. The van der Waals surface area contributed by atoms with Crippen LogP contribution in [0.1, 0.15) is 5.82 Å². The molecular weight excluding hydrogens is 298 g/mol. The van der Waals surface area contributed by atoms with Crippen LogP contribution in [-0.4, -0.2) is 9.55 Å². The van der Waals surface area contributed by atoms with Gasteiger partial charge in [0, 0.05) is 0 Å². The molecule has 0 unspecified atom stereocenters. The maximum absolute atomic E-state index is 14.0. The summed E-state index contributed by atoms with van der Waals surface area (Å²) in [4.78, 5) is 16.8. The summed E-state index contributed by atoms with van der Waals surface area (Å²) in [7, 11) is 0. The van der Waals surface area contributed by atoms with Gasteiger partial charge < -0.3 is 0 Å². The Hall–Kier alpha value is -2.27. The highest BCUT2D eigenvalue weighted by molar-refractivity contribution is 6.16. The van der Waals surface area contributed by atoms with Gasteiger partial charge in [0.2, 0.25) is 0 Å². The van der Waals surface area contributed by atoms with Crippen LogP contribution in [0, 0.1) is 11.6 Å². The van der Waals surface area contributed by atoms with E-state index in [0.29, 0.717) is 10.9 Å². The van der Waals surface area contributed by atoms with Gasteiger partial charge in [0.05, 0.1) is 22.5 Å². The van der Waals surface area contributed by atoms with Gasteiger partial charge in [-0.1, -0.05) is 18.2 Å². The molecule has 0 saturated heterocycles. The number of aromatic nitrogens is 2. The second-order valence-corrected chi connectivity index (χ2v) is 4.66. The number of hydrogen-bond acceptors (Lipinski definition) is 2. The van der Waals surface area contributed by atoms with Crippen molar-refractivity contribution in [1.82, 2.24) is 9.55 Å². The van der Waals surface area contributed by atoms with E-state index in [9.17, 15) is 13.6 Å². The Bertz CT molecular complexity index is 892. The molecule has 106 valence electrons. The summed E-state index contributed by atoms with van der Waals surface area (Å²) in [6.07, 6.45) is 0. The normalized spacial score (nSPS) is 11.0. The monoisotopic (exact) mass is 306 g/mol. The van der Waals surface area contributed by atoms with E-state index in [1.54, 1.807) is 24.3 Å². The average Bonchev–Trinajstić information content (AvgIpc) is 2.50. The Morgan fingerprint density at radius 1 is 1.10 bits per heavy atom. The van der Waals surface area contributed by atoms with Crippen molar-refractivity contribution in [2.24, 2.45) is 0 Å². The van der Waals surface area contributed by atoms with Crippen LogP contribution in [0.25, 0.3) is 16.6 Å². The largest absolute Gasteiger partial charge is 0.268 e. The van der Waals surface area contributed by atoms with Crippen molar-refractivity contribution in [3.05, 3.63) is 70.3 Å². The molecule has 3 rings (SSSR count). The molecule has 0 aliphatic carbocycles. The molecular formula is C15H9ClF2N2O. The first-order valence-corrected chi connectivity index (χ1v) is 6.68. The van der Waals surface area contributed by atoms with Crippen LogP contribution < -0.4 is 5.56 Å². The molecule has 0 radical (unpaired) electrons. The van der Waals surface area contributed by atoms with Gasteiger partial charge in [-0.2, -0.15) is 0 Å². The van der Waals surface area contributed by atoms with Gasteiger partial charge in [-0.3, -0.25) is 9.36 Å². The number of rotatable bonds is 2. The molecule has 0 fully saturated rings. The van der Waals surface area contributed by atoms with Crippen molar-refractivity contribution in [3.8, 4) is 5.69 Å². The lowest BCUT2D eigenvalue weighted by Crippen LogP contribution is -2.24. The summed E-state index contributed by atoms with van der Waals surface area (Å²) >= 11 is 5.81. The number of halogens is 3. The van der Waals surface area contributed by atoms with E-state index in [-0.39, 0.29) is 17.4 Å². The zero-order valence-electron chi connectivity index (χ0n) is 10.7. The topological polar surface area (TPSA) is 34.9 Å². The quantitative estimate of drug-likeness (QED) is 0.680. The molecule has 2 aromatic carbocycles. The highest BCUT2D eigenvalue weighted by Crippen LogP contribution is 2.18. The number of hydrogen-bond donors (Lipinski definition) is 0. The molecule has 0 N–H and O–H groups in total. The Kier molecular flexibility index (Phi) is 3.43. The van der Waals surface area contributed by atoms with Crippen LogP contribution in [0.2, 0.25) is 0 Å². The number of nitrogens with zero attached hydrogens (tertiary/aromatic N) is 2. The van der Waals surface area contributed by atoms with Crippen LogP contribution in [0.15, 0.2) is 47.3 Å². The first-order chi connectivity index (χ1) is 10.1. The zero-order valence-corrected chi connectivity index (χ0v) is 11.4. The average molecular weight is 307 g/mol. The summed E-state index contributed by atoms with van der Waals surface area (Å²) in [6.45, 7) is 0. The first kappa shape index (κ1) is 13.7. The van der Waals surface area contributed by atoms with E-state index in [2.05, 4.69) is 4.98 Å². The van der Waals surface area contributed by atoms with Crippen LogP contribution in [0.5, 0.6) is 0 Å². The second-order valence-electron chi connectivity index (χ2n) is 4.39. The van der Waals surface area contributed by atoms with E-state index in [1.165, 1.54) is 12.1 Å². The number of benzene rings is 2. The van der Waals surface area contributed by atoms with E-state index in [1.807, 2.05) is 0 Å². The third kappa shape index (κ3) is 2.19. The Balaban J connectivity index is 2.44. The molecule has 1 heterocycles. The minimum atomic E-state index is -1.11. The van der Waals surface area contributed by atoms with Gasteiger partial charge in [-0.05, 0) is 24.3 Å². The molecule has 3 aromatic rings. The lowest BCUT2D eigenvalue weighted by Gasteiger charge is -2.12. The zero-order chi connectivity index (χ0) is 15.0. The van der Waals surface area contributed by atoms with E-state index in [0.717, 1.165) is 10.6 Å². The van der Waals surface area contributed by atoms with Crippen molar-refractivity contribution in [1.29, 1.82) is 0 Å². The highest BCUT2D eigenvalue weighted by atomic mass is 35.5. The fraction of sp³-hybridized carbons (Fsp3) is 0.0667. The minimum Gasteiger partial charge on any atom is -0.268 e. The predicted octanol–water partition coefficient (Wildman–Crippen LogP) is 3.40. The van der Waals surface area contributed by atoms with Crippen molar-refractivity contribution in [2.45, 2.75) is 5.88 Å². The van der Waals surface area contributed by atoms with E-state index in [4.69, 9.17) is 11.6 Å². The molecule has 0 bridgehead atoms. The Labute approximate surface area is 123 Å². The molecule has 1 aromatic heterocycles. The highest BCUT2D eigenvalue weighted by Gasteiger charge is 2.16. The Morgan fingerprint density at radius 3 is 2.62 bits per heavy atom. The molecule has 6 heteroatoms. The standard InChI is InChI=1S/C15H9ClF2N2O/c16-8-13-19-11-6-2-1-4-9(11)15(21)20(13)12-7-3-5-10(17)14(12)18/h1-7H,8H2. The molecule has 3 nitrogen and oxygen atoms in total. The molecule has 0 saturated carbocycles. The molecule has 0 aliphatic rings. The minimum absolute atomic E-state index is 0.101. The fourth-order valence-electron chi connectivity index (χ4n) is 2.18. The summed E-state index contributed by atoms with van der Waals surface area (Å²) in [5.74, 6) is -2.09. The summed E-state index contributed by atoms with van der Waals surface area (Å²) in [5.41, 5.74) is -0.221. The molecule has 0 amide bonds. The maximum atomic E-state index is 14.0. The number of alkyl halides is 1. The first-order valence-electron chi connectivity index (χ1n) is 6.14. The van der Waals surface area contributed by atoms with Crippen molar-refractivity contribution >= 4 is 22.5 Å². The van der Waals surface area contributed by atoms with Crippen molar-refractivity contribution < 1.29 is 8.78 Å². The van der Waals surface area contributed by atoms with Crippen molar-refractivity contribution in [2.75, 3.05) is 0 Å². The van der Waals surface area contributed by atoms with Gasteiger partial charge in [0.1, 0.15) is 5.82 Å².